The van der Waals surface area contributed by atoms with Crippen LogP contribution < -0.4 is 11.4 Å². The Morgan fingerprint density at radius 2 is 2.38 bits per heavy atom. The number of nitrogens with two attached hydrogens (primary N) is 1. The van der Waals surface area contributed by atoms with Crippen LogP contribution in [-0.2, 0) is 4.74 Å². The summed E-state index contributed by atoms with van der Waals surface area (Å²) in [5, 5.41) is 11.1. The van der Waals surface area contributed by atoms with Gasteiger partial charge in [0.05, 0.1) is 12.2 Å². The van der Waals surface area contributed by atoms with Crippen LogP contribution in [0.4, 0.5) is 14.6 Å². The first-order valence-electron chi connectivity index (χ1n) is 5.92. The number of nitrogen functional groups attached to an aromatic ring is 1. The second kappa shape index (κ2) is 5.60. The summed E-state index contributed by atoms with van der Waals surface area (Å²) < 4.78 is 34.2. The third-order valence-corrected chi connectivity index (χ3v) is 3.42. The number of nitrogens with zero attached hydrogens (tertiary/aromatic N) is 2. The van der Waals surface area contributed by atoms with Gasteiger partial charge < -0.3 is 15.6 Å². The molecule has 0 bridgehead atoms. The lowest BCUT2D eigenvalue weighted by Crippen LogP contribution is -2.40. The molecule has 3 N–H and O–H groups in total. The minimum Gasteiger partial charge on any atom is -0.394 e. The number of hydrogen-bond donors (Lipinski definition) is 2. The van der Waals surface area contributed by atoms with E-state index in [2.05, 4.69) is 10.9 Å². The average Bonchev–Trinajstić information content (AvgIpc) is 2.64. The van der Waals surface area contributed by atoms with E-state index in [1.807, 2.05) is 5.38 Å². The second-order valence-corrected chi connectivity index (χ2v) is 4.89. The van der Waals surface area contributed by atoms with E-state index in [-0.39, 0.29) is 11.4 Å². The molecule has 0 radical (unpaired) electrons. The van der Waals surface area contributed by atoms with Gasteiger partial charge >= 0.3 is 5.69 Å². The Labute approximate surface area is 123 Å². The molecular weight excluding hydrogens is 308 g/mol. The van der Waals surface area contributed by atoms with Crippen molar-refractivity contribution in [3.05, 3.63) is 22.2 Å². The highest BCUT2D eigenvalue weighted by Crippen LogP contribution is 2.41. The molecule has 9 heteroatoms. The number of ether oxygens (including phenoxy) is 1. The first-order valence-corrected chi connectivity index (χ1v) is 6.30. The third kappa shape index (κ3) is 2.60. The first kappa shape index (κ1) is 15.7. The smallest absolute Gasteiger partial charge is 0.351 e. The topological polar surface area (TPSA) is 90.4 Å². The van der Waals surface area contributed by atoms with Gasteiger partial charge in [0.2, 0.25) is 0 Å². The molecule has 6 nitrogen and oxygen atoms in total. The lowest BCUT2D eigenvalue weighted by Gasteiger charge is -2.20. The molecule has 2 rings (SSSR count). The molecule has 1 aromatic heterocycles. The van der Waals surface area contributed by atoms with Crippen LogP contribution in [0.3, 0.4) is 0 Å². The molecule has 1 aromatic rings. The fourth-order valence-electron chi connectivity index (χ4n) is 2.07. The number of aliphatic hydroxyl groups excluding tert-OH is 1. The van der Waals surface area contributed by atoms with Crippen molar-refractivity contribution in [2.45, 2.75) is 31.1 Å². The van der Waals surface area contributed by atoms with Crippen LogP contribution >= 0.6 is 11.6 Å². The lowest BCUT2D eigenvalue weighted by atomic mass is 9.98. The van der Waals surface area contributed by atoms with Crippen LogP contribution in [0.2, 0.25) is 0 Å². The fraction of sp³-hybridized carbons (Fsp3) is 0.500. The number of rotatable bonds is 2. The number of alkyl halides is 2. The number of aliphatic hydroxyl groups is 1. The van der Waals surface area contributed by atoms with Crippen LogP contribution in [-0.4, -0.2) is 39.2 Å². The summed E-state index contributed by atoms with van der Waals surface area (Å²) >= 11 is 5.25. The molecule has 4 unspecified atom stereocenters. The summed E-state index contributed by atoms with van der Waals surface area (Å²) in [5.41, 5.74) is 2.19. The number of hydrogen-bond acceptors (Lipinski definition) is 5. The Balaban J connectivity index is 2.49. The van der Waals surface area contributed by atoms with Gasteiger partial charge in [0.25, 0.3) is 0 Å². The highest BCUT2D eigenvalue weighted by molar-refractivity contribution is 6.30. The van der Waals surface area contributed by atoms with E-state index in [0.717, 1.165) is 17.7 Å². The van der Waals surface area contributed by atoms with E-state index in [9.17, 15) is 13.6 Å². The van der Waals surface area contributed by atoms with Crippen molar-refractivity contribution in [3.63, 3.8) is 0 Å². The second-order valence-electron chi connectivity index (χ2n) is 4.70. The van der Waals surface area contributed by atoms with Gasteiger partial charge in [-0.2, -0.15) is 4.98 Å². The van der Waals surface area contributed by atoms with E-state index >= 15 is 0 Å². The van der Waals surface area contributed by atoms with Gasteiger partial charge in [-0.3, -0.25) is 4.57 Å². The zero-order valence-corrected chi connectivity index (χ0v) is 11.6. The Morgan fingerprint density at radius 3 is 2.90 bits per heavy atom. The van der Waals surface area contributed by atoms with Gasteiger partial charge in [0.1, 0.15) is 11.9 Å². The van der Waals surface area contributed by atoms with Crippen LogP contribution in [0.25, 0.3) is 0 Å². The summed E-state index contributed by atoms with van der Waals surface area (Å²) in [5.74, 6) is 2.19. The van der Waals surface area contributed by atoms with Crippen molar-refractivity contribution in [2.75, 3.05) is 12.3 Å². The Bertz CT molecular complexity index is 668. The Hall–Kier alpha value is -1.69. The Morgan fingerprint density at radius 1 is 1.71 bits per heavy atom. The van der Waals surface area contributed by atoms with Crippen LogP contribution in [0.1, 0.15) is 18.7 Å². The molecule has 21 heavy (non-hydrogen) atoms. The molecular formula is C12H12ClF2N3O3. The minimum absolute atomic E-state index is 0.0772. The highest BCUT2D eigenvalue weighted by Gasteiger charge is 2.56. The molecule has 2 heterocycles. The zero-order chi connectivity index (χ0) is 15.8. The zero-order valence-electron chi connectivity index (χ0n) is 10.9. The van der Waals surface area contributed by atoms with Gasteiger partial charge in [-0.25, -0.2) is 13.6 Å². The largest absolute Gasteiger partial charge is 0.394 e. The molecule has 1 aliphatic rings. The van der Waals surface area contributed by atoms with Gasteiger partial charge in [0.15, 0.2) is 18.1 Å². The third-order valence-electron chi connectivity index (χ3n) is 3.33. The van der Waals surface area contributed by atoms with Crippen LogP contribution in [0.5, 0.6) is 0 Å². The first-order chi connectivity index (χ1) is 9.82. The maximum absolute atomic E-state index is 14.2. The maximum atomic E-state index is 14.2. The van der Waals surface area contributed by atoms with E-state index in [4.69, 9.17) is 27.2 Å². The number of anilines is 1. The van der Waals surface area contributed by atoms with Crippen molar-refractivity contribution in [1.29, 1.82) is 0 Å². The minimum atomic E-state index is -2.45. The highest BCUT2D eigenvalue weighted by atomic mass is 35.5. The summed E-state index contributed by atoms with van der Waals surface area (Å²) in [4.78, 5) is 15.3. The van der Waals surface area contributed by atoms with Gasteiger partial charge in [0, 0.05) is 11.6 Å². The monoisotopic (exact) mass is 319 g/mol. The van der Waals surface area contributed by atoms with Crippen LogP contribution in [0, 0.1) is 11.3 Å². The molecule has 4 atom stereocenters. The lowest BCUT2D eigenvalue weighted by molar-refractivity contribution is -0.0532. The van der Waals surface area contributed by atoms with Gasteiger partial charge in [-0.05, 0) is 24.4 Å². The molecule has 0 aliphatic carbocycles. The Kier molecular flexibility index (Phi) is 4.18. The molecule has 0 amide bonds. The SMILES string of the molecule is CC1(F)C(CO)OC(n2cc(C#CCl)c(N)nc2=O)C1F. The van der Waals surface area contributed by atoms with Crippen molar-refractivity contribution in [3.8, 4) is 11.3 Å². The van der Waals surface area contributed by atoms with E-state index in [1.54, 1.807) is 0 Å². The van der Waals surface area contributed by atoms with Crippen molar-refractivity contribution >= 4 is 17.4 Å². The maximum Gasteiger partial charge on any atom is 0.351 e. The summed E-state index contributed by atoms with van der Waals surface area (Å²) in [7, 11) is 0. The van der Waals surface area contributed by atoms with Crippen molar-refractivity contribution < 1.29 is 18.6 Å². The molecule has 0 aromatic carbocycles. The van der Waals surface area contributed by atoms with E-state index in [0.29, 0.717) is 0 Å². The molecule has 0 saturated carbocycles. The van der Waals surface area contributed by atoms with E-state index in [1.165, 1.54) is 0 Å². The number of halogens is 3. The van der Waals surface area contributed by atoms with E-state index < -0.39 is 36.5 Å². The molecule has 1 aliphatic heterocycles. The summed E-state index contributed by atoms with van der Waals surface area (Å²) in [6.07, 6.45) is -4.06. The molecule has 1 saturated heterocycles. The van der Waals surface area contributed by atoms with Gasteiger partial charge in [-0.15, -0.1) is 0 Å². The standard InChI is InChI=1S/C12H12ClF2N3O3/c1-12(15)7(5-19)21-10(8(12)14)18-4-6(2-3-13)9(16)17-11(18)20/h4,7-8,10,19H,5H2,1H3,(H2,16,17,20). The average molecular weight is 320 g/mol. The predicted molar refractivity (Wildman–Crippen MR) is 71.0 cm³/mol. The molecule has 1 fully saturated rings. The summed E-state index contributed by atoms with van der Waals surface area (Å²) in [6, 6.07) is 0. The molecule has 0 spiro atoms. The van der Waals surface area contributed by atoms with Crippen molar-refractivity contribution in [2.24, 2.45) is 0 Å². The van der Waals surface area contributed by atoms with Gasteiger partial charge in [-0.1, -0.05) is 0 Å². The molecule has 114 valence electrons. The van der Waals surface area contributed by atoms with Crippen molar-refractivity contribution in [1.82, 2.24) is 9.55 Å². The summed E-state index contributed by atoms with van der Waals surface area (Å²) in [6.45, 7) is 0.225. The fourth-order valence-corrected chi connectivity index (χ4v) is 2.17. The normalized spacial score (nSPS) is 31.8. The van der Waals surface area contributed by atoms with Crippen LogP contribution in [0.15, 0.2) is 11.0 Å². The number of aromatic nitrogens is 2. The predicted octanol–water partition coefficient (Wildman–Crippen LogP) is 0.329. The quantitative estimate of drug-likeness (QED) is 0.767.